The number of nitrogens with one attached hydrogen (secondary N) is 1. The molecule has 1 amide bonds. The molecule has 0 spiro atoms. The molecule has 0 bridgehead atoms. The minimum absolute atomic E-state index is 0.0163. The van der Waals surface area contributed by atoms with E-state index in [2.05, 4.69) is 16.3 Å². The Bertz CT molecular complexity index is 617. The van der Waals surface area contributed by atoms with Crippen LogP contribution in [0, 0.1) is 17.7 Å². The van der Waals surface area contributed by atoms with Crippen molar-refractivity contribution in [2.45, 2.75) is 31.9 Å². The molecule has 0 unspecified atom stereocenters. The van der Waals surface area contributed by atoms with Crippen LogP contribution in [0.3, 0.4) is 0 Å². The first-order valence-electron chi connectivity index (χ1n) is 8.99. The molecule has 2 fully saturated rings. The molecule has 3 rings (SSSR count). The summed E-state index contributed by atoms with van der Waals surface area (Å²) in [5, 5.41) is 3.05. The molecule has 1 N–H and O–H groups in total. The second-order valence-electron chi connectivity index (χ2n) is 7.25. The van der Waals surface area contributed by atoms with Crippen LogP contribution in [0.5, 0.6) is 0 Å². The Balaban J connectivity index is 1.54. The first kappa shape index (κ1) is 18.1. The number of likely N-dealkylation sites (tertiary alicyclic amines) is 1. The molecule has 1 saturated carbocycles. The van der Waals surface area contributed by atoms with E-state index in [1.54, 1.807) is 26.2 Å². The monoisotopic (exact) mass is 346 g/mol. The molecule has 0 aromatic heterocycles. The molecule has 136 valence electrons. The summed E-state index contributed by atoms with van der Waals surface area (Å²) in [4.78, 5) is 13.9. The van der Waals surface area contributed by atoms with Gasteiger partial charge in [0.1, 0.15) is 5.82 Å². The van der Waals surface area contributed by atoms with Crippen molar-refractivity contribution in [3.63, 3.8) is 0 Å². The van der Waals surface area contributed by atoms with Gasteiger partial charge in [-0.2, -0.15) is 0 Å². The summed E-state index contributed by atoms with van der Waals surface area (Å²) in [6, 6.07) is 6.67. The van der Waals surface area contributed by atoms with Crippen LogP contribution in [-0.4, -0.2) is 49.7 Å². The Labute approximate surface area is 149 Å². The van der Waals surface area contributed by atoms with Gasteiger partial charge in [0.15, 0.2) is 0 Å². The van der Waals surface area contributed by atoms with Crippen molar-refractivity contribution in [3.8, 4) is 0 Å². The molecule has 1 heterocycles. The SMILES string of the molecule is CO[C@@H]1C[C@H]2CN(C/C=C/c3ccc(F)cc3)C[C@H]2C[C@H]1NC(C)=O. The average Bonchev–Trinajstić information content (AvgIpc) is 2.97. The molecular weight excluding hydrogens is 319 g/mol. The van der Waals surface area contributed by atoms with E-state index in [1.165, 1.54) is 12.1 Å². The smallest absolute Gasteiger partial charge is 0.217 e. The summed E-state index contributed by atoms with van der Waals surface area (Å²) >= 11 is 0. The highest BCUT2D eigenvalue weighted by Crippen LogP contribution is 2.37. The molecular formula is C20H27FN2O2. The fourth-order valence-corrected chi connectivity index (χ4v) is 4.24. The molecule has 1 aliphatic heterocycles. The highest BCUT2D eigenvalue weighted by Gasteiger charge is 2.42. The van der Waals surface area contributed by atoms with Gasteiger partial charge < -0.3 is 10.1 Å². The van der Waals surface area contributed by atoms with Crippen molar-refractivity contribution in [1.29, 1.82) is 0 Å². The van der Waals surface area contributed by atoms with Gasteiger partial charge in [0.25, 0.3) is 0 Å². The lowest BCUT2D eigenvalue weighted by Gasteiger charge is -2.37. The summed E-state index contributed by atoms with van der Waals surface area (Å²) in [5.74, 6) is 1.06. The van der Waals surface area contributed by atoms with Crippen LogP contribution in [-0.2, 0) is 9.53 Å². The van der Waals surface area contributed by atoms with Gasteiger partial charge in [-0.3, -0.25) is 9.69 Å². The number of carbonyl (C=O) groups excluding carboxylic acids is 1. The Morgan fingerprint density at radius 2 is 1.96 bits per heavy atom. The number of methoxy groups -OCH3 is 1. The third kappa shape index (κ3) is 4.67. The number of ether oxygens (including phenoxy) is 1. The van der Waals surface area contributed by atoms with Crippen molar-refractivity contribution >= 4 is 12.0 Å². The Morgan fingerprint density at radius 1 is 1.28 bits per heavy atom. The van der Waals surface area contributed by atoms with E-state index in [4.69, 9.17) is 4.74 Å². The fourth-order valence-electron chi connectivity index (χ4n) is 4.24. The summed E-state index contributed by atoms with van der Waals surface area (Å²) in [5.41, 5.74) is 1.02. The zero-order chi connectivity index (χ0) is 17.8. The predicted molar refractivity (Wildman–Crippen MR) is 96.5 cm³/mol. The Morgan fingerprint density at radius 3 is 2.60 bits per heavy atom. The molecule has 1 aromatic carbocycles. The standard InChI is InChI=1S/C20H27FN2O2/c1-14(24)22-19-10-16-12-23(13-17(16)11-20(19)25-2)9-3-4-15-5-7-18(21)8-6-15/h3-8,16-17,19-20H,9-13H2,1-2H3,(H,22,24)/b4-3+/t16-,17+,19-,20-/m1/s1. The summed E-state index contributed by atoms with van der Waals surface area (Å²) in [6.45, 7) is 4.60. The van der Waals surface area contributed by atoms with Crippen LogP contribution in [0.2, 0.25) is 0 Å². The molecule has 4 nitrogen and oxygen atoms in total. The molecule has 2 aliphatic rings. The maximum atomic E-state index is 12.9. The van der Waals surface area contributed by atoms with Gasteiger partial charge >= 0.3 is 0 Å². The van der Waals surface area contributed by atoms with Crippen LogP contribution in [0.4, 0.5) is 4.39 Å². The zero-order valence-electron chi connectivity index (χ0n) is 15.0. The summed E-state index contributed by atoms with van der Waals surface area (Å²) in [7, 11) is 1.73. The lowest BCUT2D eigenvalue weighted by atomic mass is 9.77. The topological polar surface area (TPSA) is 41.6 Å². The minimum atomic E-state index is -0.206. The number of rotatable bonds is 5. The summed E-state index contributed by atoms with van der Waals surface area (Å²) < 4.78 is 18.5. The first-order chi connectivity index (χ1) is 12.0. The van der Waals surface area contributed by atoms with E-state index in [9.17, 15) is 9.18 Å². The number of halogens is 1. The lowest BCUT2D eigenvalue weighted by molar-refractivity contribution is -0.121. The molecule has 25 heavy (non-hydrogen) atoms. The van der Waals surface area contributed by atoms with Crippen LogP contribution in [0.25, 0.3) is 6.08 Å². The number of nitrogens with zero attached hydrogens (tertiary/aromatic N) is 1. The van der Waals surface area contributed by atoms with Crippen molar-refractivity contribution in [2.24, 2.45) is 11.8 Å². The van der Waals surface area contributed by atoms with Gasteiger partial charge in [0.2, 0.25) is 5.91 Å². The number of hydrogen-bond donors (Lipinski definition) is 1. The fraction of sp³-hybridized carbons (Fsp3) is 0.550. The Kier molecular flexibility index (Phi) is 5.86. The summed E-state index contributed by atoms with van der Waals surface area (Å²) in [6.07, 6.45) is 6.29. The van der Waals surface area contributed by atoms with Gasteiger partial charge in [-0.1, -0.05) is 24.3 Å². The molecule has 1 saturated heterocycles. The quantitative estimate of drug-likeness (QED) is 0.891. The third-order valence-corrected chi connectivity index (χ3v) is 5.43. The second kappa shape index (κ2) is 8.11. The number of benzene rings is 1. The molecule has 1 aliphatic carbocycles. The molecule has 4 atom stereocenters. The van der Waals surface area contributed by atoms with Gasteiger partial charge in [-0.05, 0) is 42.4 Å². The minimum Gasteiger partial charge on any atom is -0.379 e. The maximum Gasteiger partial charge on any atom is 0.217 e. The zero-order valence-corrected chi connectivity index (χ0v) is 15.0. The van der Waals surface area contributed by atoms with Gasteiger partial charge in [0.05, 0.1) is 12.1 Å². The van der Waals surface area contributed by atoms with Crippen LogP contribution < -0.4 is 5.32 Å². The van der Waals surface area contributed by atoms with Crippen LogP contribution in [0.15, 0.2) is 30.3 Å². The number of carbonyl (C=O) groups is 1. The maximum absolute atomic E-state index is 12.9. The van der Waals surface area contributed by atoms with E-state index in [0.29, 0.717) is 11.8 Å². The van der Waals surface area contributed by atoms with E-state index >= 15 is 0 Å². The largest absolute Gasteiger partial charge is 0.379 e. The number of amides is 1. The van der Waals surface area contributed by atoms with Crippen LogP contribution in [0.1, 0.15) is 25.3 Å². The van der Waals surface area contributed by atoms with Gasteiger partial charge in [-0.25, -0.2) is 4.39 Å². The van der Waals surface area contributed by atoms with Crippen LogP contribution >= 0.6 is 0 Å². The average molecular weight is 346 g/mol. The van der Waals surface area contributed by atoms with E-state index in [0.717, 1.165) is 38.0 Å². The number of fused-ring (bicyclic) bond motifs is 1. The normalized spacial score (nSPS) is 29.7. The van der Waals surface area contributed by atoms with Crippen molar-refractivity contribution < 1.29 is 13.9 Å². The van der Waals surface area contributed by atoms with Gasteiger partial charge in [0, 0.05) is 33.7 Å². The first-order valence-corrected chi connectivity index (χ1v) is 8.99. The highest BCUT2D eigenvalue weighted by molar-refractivity contribution is 5.73. The third-order valence-electron chi connectivity index (χ3n) is 5.43. The van der Waals surface area contributed by atoms with E-state index in [1.807, 2.05) is 6.08 Å². The molecule has 0 radical (unpaired) electrons. The van der Waals surface area contributed by atoms with E-state index < -0.39 is 0 Å². The van der Waals surface area contributed by atoms with Gasteiger partial charge in [-0.15, -0.1) is 0 Å². The Hall–Kier alpha value is -1.72. The van der Waals surface area contributed by atoms with E-state index in [-0.39, 0.29) is 23.9 Å². The van der Waals surface area contributed by atoms with Crippen molar-refractivity contribution in [3.05, 3.63) is 41.7 Å². The second-order valence-corrected chi connectivity index (χ2v) is 7.25. The van der Waals surface area contributed by atoms with Crippen molar-refractivity contribution in [2.75, 3.05) is 26.7 Å². The molecule has 1 aromatic rings. The molecule has 5 heteroatoms. The highest BCUT2D eigenvalue weighted by atomic mass is 19.1. The predicted octanol–water partition coefficient (Wildman–Crippen LogP) is 2.70. The van der Waals surface area contributed by atoms with Crippen molar-refractivity contribution in [1.82, 2.24) is 10.2 Å². The number of hydrogen-bond acceptors (Lipinski definition) is 3. The lowest BCUT2D eigenvalue weighted by Crippen LogP contribution is -2.49.